The van der Waals surface area contributed by atoms with Gasteiger partial charge in [-0.15, -0.1) is 0 Å². The molecule has 1 aromatic carbocycles. The van der Waals surface area contributed by atoms with Crippen molar-refractivity contribution >= 4 is 20.0 Å². The Bertz CT molecular complexity index is 708. The zero-order valence-electron chi connectivity index (χ0n) is 12.7. The third-order valence-electron chi connectivity index (χ3n) is 3.58. The first kappa shape index (κ1) is 17.4. The zero-order chi connectivity index (χ0) is 16.2. The average Bonchev–Trinajstić information content (AvgIpc) is 2.92. The maximum Gasteiger partial charge on any atom is 0.215 e. The van der Waals surface area contributed by atoms with Gasteiger partial charge in [0.15, 0.2) is 0 Å². The summed E-state index contributed by atoms with van der Waals surface area (Å²) in [6.45, 7) is 2.88. The predicted molar refractivity (Wildman–Crippen MR) is 86.4 cm³/mol. The van der Waals surface area contributed by atoms with Gasteiger partial charge in [0.1, 0.15) is 0 Å². The van der Waals surface area contributed by atoms with Crippen LogP contribution in [-0.4, -0.2) is 46.5 Å². The first-order valence-corrected chi connectivity index (χ1v) is 10.6. The van der Waals surface area contributed by atoms with E-state index in [1.165, 1.54) is 4.31 Å². The number of rotatable bonds is 7. The fourth-order valence-corrected chi connectivity index (χ4v) is 5.19. The van der Waals surface area contributed by atoms with E-state index in [2.05, 4.69) is 4.72 Å². The normalized spacial score (nSPS) is 17.0. The number of hydrogen-bond acceptors (Lipinski definition) is 4. The predicted octanol–water partition coefficient (Wildman–Crippen LogP) is 0.840. The minimum Gasteiger partial charge on any atom is -0.214 e. The molecule has 1 N–H and O–H groups in total. The molecule has 6 nitrogen and oxygen atoms in total. The Balaban J connectivity index is 1.87. The quantitative estimate of drug-likeness (QED) is 0.793. The van der Waals surface area contributed by atoms with Gasteiger partial charge in [-0.25, -0.2) is 25.9 Å². The Labute approximate surface area is 132 Å². The van der Waals surface area contributed by atoms with Crippen LogP contribution in [0.3, 0.4) is 0 Å². The zero-order valence-corrected chi connectivity index (χ0v) is 14.3. The number of nitrogens with one attached hydrogen (secondary N) is 1. The third-order valence-corrected chi connectivity index (χ3v) is 6.81. The highest BCUT2D eigenvalue weighted by atomic mass is 32.2. The molecular formula is C14H22N2O4S2. The molecule has 1 aromatic rings. The number of benzene rings is 1. The molecule has 124 valence electrons. The van der Waals surface area contributed by atoms with Crippen molar-refractivity contribution < 1.29 is 16.8 Å². The van der Waals surface area contributed by atoms with Crippen LogP contribution in [0.15, 0.2) is 24.3 Å². The summed E-state index contributed by atoms with van der Waals surface area (Å²) in [5, 5.41) is 0. The molecule has 0 saturated carbocycles. The van der Waals surface area contributed by atoms with Crippen molar-refractivity contribution in [2.45, 2.75) is 25.5 Å². The van der Waals surface area contributed by atoms with Gasteiger partial charge in [-0.3, -0.25) is 0 Å². The van der Waals surface area contributed by atoms with Gasteiger partial charge in [-0.2, -0.15) is 0 Å². The Hall–Kier alpha value is -0.960. The van der Waals surface area contributed by atoms with E-state index >= 15 is 0 Å². The van der Waals surface area contributed by atoms with Crippen LogP contribution in [0.2, 0.25) is 0 Å². The van der Waals surface area contributed by atoms with E-state index in [1.54, 1.807) is 18.2 Å². The number of sulfonamides is 2. The van der Waals surface area contributed by atoms with Crippen LogP contribution in [-0.2, 0) is 25.8 Å². The summed E-state index contributed by atoms with van der Waals surface area (Å²) >= 11 is 0. The number of aryl methyl sites for hydroxylation is 1. The molecule has 1 aliphatic rings. The van der Waals surface area contributed by atoms with Crippen LogP contribution in [0.5, 0.6) is 0 Å². The van der Waals surface area contributed by atoms with E-state index in [0.717, 1.165) is 18.4 Å². The molecule has 0 aromatic heterocycles. The molecule has 0 spiro atoms. The number of hydrogen-bond donors (Lipinski definition) is 1. The second-order valence-electron chi connectivity index (χ2n) is 5.56. The van der Waals surface area contributed by atoms with Crippen molar-refractivity contribution in [2.75, 3.05) is 25.4 Å². The molecule has 0 radical (unpaired) electrons. The van der Waals surface area contributed by atoms with Crippen LogP contribution in [0, 0.1) is 6.92 Å². The van der Waals surface area contributed by atoms with Crippen molar-refractivity contribution in [3.63, 3.8) is 0 Å². The van der Waals surface area contributed by atoms with Crippen LogP contribution in [0.25, 0.3) is 0 Å². The van der Waals surface area contributed by atoms with Gasteiger partial charge in [-0.1, -0.05) is 29.8 Å². The summed E-state index contributed by atoms with van der Waals surface area (Å²) in [6.07, 6.45) is 1.75. The Morgan fingerprint density at radius 1 is 1.14 bits per heavy atom. The molecule has 0 aliphatic carbocycles. The molecule has 1 saturated heterocycles. The lowest BCUT2D eigenvalue weighted by Crippen LogP contribution is -2.36. The Kier molecular flexibility index (Phi) is 5.60. The molecule has 1 fully saturated rings. The van der Waals surface area contributed by atoms with Gasteiger partial charge >= 0.3 is 0 Å². The summed E-state index contributed by atoms with van der Waals surface area (Å²) in [5.41, 5.74) is 1.68. The summed E-state index contributed by atoms with van der Waals surface area (Å²) in [4.78, 5) is 0. The van der Waals surface area contributed by atoms with Gasteiger partial charge < -0.3 is 0 Å². The Morgan fingerprint density at radius 2 is 1.82 bits per heavy atom. The second-order valence-corrected chi connectivity index (χ2v) is 9.46. The fourth-order valence-electron chi connectivity index (χ4n) is 2.49. The van der Waals surface area contributed by atoms with Crippen molar-refractivity contribution in [1.29, 1.82) is 0 Å². The lowest BCUT2D eigenvalue weighted by molar-refractivity contribution is 0.477. The number of nitrogens with zero attached hydrogens (tertiary/aromatic N) is 1. The summed E-state index contributed by atoms with van der Waals surface area (Å²) in [7, 11) is -6.89. The molecule has 22 heavy (non-hydrogen) atoms. The molecule has 0 amide bonds. The van der Waals surface area contributed by atoms with E-state index in [4.69, 9.17) is 0 Å². The lowest BCUT2D eigenvalue weighted by Gasteiger charge is -2.15. The highest BCUT2D eigenvalue weighted by Crippen LogP contribution is 2.13. The van der Waals surface area contributed by atoms with Crippen LogP contribution < -0.4 is 4.72 Å². The summed E-state index contributed by atoms with van der Waals surface area (Å²) in [5.74, 6) is -0.335. The molecule has 1 heterocycles. The minimum atomic E-state index is -3.53. The Morgan fingerprint density at radius 3 is 2.45 bits per heavy atom. The van der Waals surface area contributed by atoms with Crippen molar-refractivity contribution in [2.24, 2.45) is 0 Å². The third kappa shape index (κ3) is 5.05. The van der Waals surface area contributed by atoms with Crippen LogP contribution in [0.4, 0.5) is 0 Å². The average molecular weight is 346 g/mol. The smallest absolute Gasteiger partial charge is 0.214 e. The van der Waals surface area contributed by atoms with Gasteiger partial charge in [0.2, 0.25) is 20.0 Å². The van der Waals surface area contributed by atoms with E-state index in [1.807, 2.05) is 13.0 Å². The van der Waals surface area contributed by atoms with Gasteiger partial charge in [0.05, 0.1) is 11.5 Å². The molecule has 1 aliphatic heterocycles. The standard InChI is InChI=1S/C14H22N2O4S2/c1-13-5-4-6-14(11-13)12-21(17,18)15-7-10-22(19,20)16-8-2-3-9-16/h4-6,11,15H,2-3,7-10,12H2,1H3. The van der Waals surface area contributed by atoms with E-state index < -0.39 is 20.0 Å². The largest absolute Gasteiger partial charge is 0.215 e. The van der Waals surface area contributed by atoms with E-state index in [9.17, 15) is 16.8 Å². The van der Waals surface area contributed by atoms with Gasteiger partial charge in [-0.05, 0) is 25.3 Å². The second kappa shape index (κ2) is 7.08. The topological polar surface area (TPSA) is 83.5 Å². The van der Waals surface area contributed by atoms with Crippen molar-refractivity contribution in [1.82, 2.24) is 9.03 Å². The highest BCUT2D eigenvalue weighted by molar-refractivity contribution is 7.89. The first-order valence-electron chi connectivity index (χ1n) is 7.29. The van der Waals surface area contributed by atoms with E-state index in [-0.39, 0.29) is 18.1 Å². The van der Waals surface area contributed by atoms with Gasteiger partial charge in [0, 0.05) is 19.6 Å². The minimum absolute atomic E-state index is 0.0903. The molecule has 8 heteroatoms. The highest BCUT2D eigenvalue weighted by Gasteiger charge is 2.25. The molecular weight excluding hydrogens is 324 g/mol. The maximum absolute atomic E-state index is 12.0. The van der Waals surface area contributed by atoms with Crippen molar-refractivity contribution in [3.8, 4) is 0 Å². The molecule has 0 bridgehead atoms. The SMILES string of the molecule is Cc1cccc(CS(=O)(=O)NCCS(=O)(=O)N2CCCC2)c1. The molecule has 2 rings (SSSR count). The molecule has 0 atom stereocenters. The summed E-state index contributed by atoms with van der Waals surface area (Å²) < 4.78 is 51.8. The van der Waals surface area contributed by atoms with Gasteiger partial charge in [0.25, 0.3) is 0 Å². The lowest BCUT2D eigenvalue weighted by atomic mass is 10.2. The van der Waals surface area contributed by atoms with Crippen LogP contribution >= 0.6 is 0 Å². The maximum atomic E-state index is 12.0. The van der Waals surface area contributed by atoms with Crippen LogP contribution in [0.1, 0.15) is 24.0 Å². The van der Waals surface area contributed by atoms with Crippen molar-refractivity contribution in [3.05, 3.63) is 35.4 Å². The fraction of sp³-hybridized carbons (Fsp3) is 0.571. The first-order chi connectivity index (χ1) is 10.3. The summed E-state index contributed by atoms with van der Waals surface area (Å²) in [6, 6.07) is 7.25. The molecule has 0 unspecified atom stereocenters. The van der Waals surface area contributed by atoms with E-state index in [0.29, 0.717) is 18.7 Å². The monoisotopic (exact) mass is 346 g/mol.